The van der Waals surface area contributed by atoms with Gasteiger partial charge in [0.25, 0.3) is 0 Å². The number of tetrazole rings is 1. The summed E-state index contributed by atoms with van der Waals surface area (Å²) in [5.74, 6) is 0.000213. The van der Waals surface area contributed by atoms with Crippen LogP contribution in [-0.2, 0) is 6.54 Å². The number of nitrogens with one attached hydrogen (secondary N) is 2. The quantitative estimate of drug-likeness (QED) is 0.765. The highest BCUT2D eigenvalue weighted by atomic mass is 19.1. The molecule has 7 nitrogen and oxygen atoms in total. The zero-order valence-electron chi connectivity index (χ0n) is 13.8. The molecule has 3 aromatic rings. The van der Waals surface area contributed by atoms with Crippen molar-refractivity contribution in [1.29, 1.82) is 0 Å². The maximum absolute atomic E-state index is 13.3. The number of rotatable bonds is 4. The Labute approximate surface area is 143 Å². The van der Waals surface area contributed by atoms with E-state index >= 15 is 0 Å². The van der Waals surface area contributed by atoms with Crippen LogP contribution in [-0.4, -0.2) is 26.2 Å². The lowest BCUT2D eigenvalue weighted by Crippen LogP contribution is -2.29. The molecule has 2 N–H and O–H groups in total. The lowest BCUT2D eigenvalue weighted by molar-refractivity contribution is 0.251. The van der Waals surface area contributed by atoms with Crippen LogP contribution in [0.15, 0.2) is 42.5 Å². The number of carbonyl (C=O) groups excluding carboxylic acids is 1. The first-order valence-corrected chi connectivity index (χ1v) is 7.68. The summed E-state index contributed by atoms with van der Waals surface area (Å²) in [6, 6.07) is 11.2. The molecule has 0 fully saturated rings. The van der Waals surface area contributed by atoms with Gasteiger partial charge < -0.3 is 10.6 Å². The van der Waals surface area contributed by atoms with Gasteiger partial charge in [-0.15, -0.1) is 5.10 Å². The molecule has 2 aromatic carbocycles. The molecule has 0 aliphatic heterocycles. The first-order chi connectivity index (χ1) is 12.0. The van der Waals surface area contributed by atoms with Crippen molar-refractivity contribution in [2.45, 2.75) is 20.4 Å². The van der Waals surface area contributed by atoms with Crippen LogP contribution in [0, 0.1) is 19.7 Å². The highest BCUT2D eigenvalue weighted by Crippen LogP contribution is 2.14. The first kappa shape index (κ1) is 16.6. The van der Waals surface area contributed by atoms with Crippen molar-refractivity contribution in [3.05, 3.63) is 65.2 Å². The fourth-order valence-electron chi connectivity index (χ4n) is 2.28. The fraction of sp³-hybridized carbons (Fsp3) is 0.176. The molecule has 0 aliphatic rings. The van der Waals surface area contributed by atoms with Crippen molar-refractivity contribution in [2.75, 3.05) is 5.32 Å². The fourth-order valence-corrected chi connectivity index (χ4v) is 2.28. The molecule has 0 unspecified atom stereocenters. The number of aromatic nitrogens is 4. The van der Waals surface area contributed by atoms with E-state index in [1.165, 1.54) is 16.8 Å². The number of benzene rings is 2. The van der Waals surface area contributed by atoms with Gasteiger partial charge in [0.05, 0.1) is 12.2 Å². The minimum absolute atomic E-state index is 0.0974. The Morgan fingerprint density at radius 3 is 2.76 bits per heavy atom. The molecule has 3 rings (SSSR count). The maximum Gasteiger partial charge on any atom is 0.319 e. The maximum atomic E-state index is 13.3. The summed E-state index contributed by atoms with van der Waals surface area (Å²) in [7, 11) is 0. The molecule has 1 heterocycles. The second kappa shape index (κ2) is 7.08. The van der Waals surface area contributed by atoms with Crippen molar-refractivity contribution in [1.82, 2.24) is 25.5 Å². The molecular weight excluding hydrogens is 323 g/mol. The zero-order chi connectivity index (χ0) is 17.8. The Morgan fingerprint density at radius 2 is 2.00 bits per heavy atom. The third-order valence-electron chi connectivity index (χ3n) is 3.76. The van der Waals surface area contributed by atoms with Gasteiger partial charge in [0.1, 0.15) is 5.82 Å². The number of halogens is 1. The van der Waals surface area contributed by atoms with Gasteiger partial charge in [0, 0.05) is 5.69 Å². The van der Waals surface area contributed by atoms with Crippen LogP contribution in [0.2, 0.25) is 0 Å². The van der Waals surface area contributed by atoms with E-state index in [2.05, 4.69) is 26.2 Å². The largest absolute Gasteiger partial charge is 0.330 e. The lowest BCUT2D eigenvalue weighted by atomic mass is 10.1. The number of aryl methyl sites for hydroxylation is 2. The van der Waals surface area contributed by atoms with E-state index in [0.29, 0.717) is 17.2 Å². The molecule has 0 spiro atoms. The van der Waals surface area contributed by atoms with Crippen LogP contribution in [0.25, 0.3) is 5.69 Å². The third kappa shape index (κ3) is 3.97. The van der Waals surface area contributed by atoms with E-state index in [9.17, 15) is 9.18 Å². The number of nitrogens with zero attached hydrogens (tertiary/aromatic N) is 4. The first-order valence-electron chi connectivity index (χ1n) is 7.68. The highest BCUT2D eigenvalue weighted by Gasteiger charge is 2.10. The zero-order valence-corrected chi connectivity index (χ0v) is 13.8. The van der Waals surface area contributed by atoms with Crippen molar-refractivity contribution >= 4 is 11.7 Å². The predicted molar refractivity (Wildman–Crippen MR) is 90.9 cm³/mol. The summed E-state index contributed by atoms with van der Waals surface area (Å²) < 4.78 is 14.7. The van der Waals surface area contributed by atoms with Gasteiger partial charge in [-0.25, -0.2) is 9.18 Å². The number of urea groups is 1. The minimum Gasteiger partial charge on any atom is -0.330 e. The number of hydrogen-bond acceptors (Lipinski definition) is 4. The van der Waals surface area contributed by atoms with Gasteiger partial charge in [-0.3, -0.25) is 0 Å². The molecule has 25 heavy (non-hydrogen) atoms. The molecule has 128 valence electrons. The van der Waals surface area contributed by atoms with Crippen molar-refractivity contribution in [3.63, 3.8) is 0 Å². The van der Waals surface area contributed by atoms with E-state index in [-0.39, 0.29) is 18.4 Å². The molecule has 0 saturated heterocycles. The van der Waals surface area contributed by atoms with E-state index in [1.54, 1.807) is 12.1 Å². The van der Waals surface area contributed by atoms with Crippen LogP contribution in [0.5, 0.6) is 0 Å². The summed E-state index contributed by atoms with van der Waals surface area (Å²) in [4.78, 5) is 12.0. The monoisotopic (exact) mass is 340 g/mol. The minimum atomic E-state index is -0.389. The van der Waals surface area contributed by atoms with Crippen LogP contribution in [0.3, 0.4) is 0 Å². The van der Waals surface area contributed by atoms with Gasteiger partial charge >= 0.3 is 6.03 Å². The van der Waals surface area contributed by atoms with E-state index in [0.717, 1.165) is 11.1 Å². The molecule has 0 aliphatic carbocycles. The number of anilines is 1. The second-order valence-electron chi connectivity index (χ2n) is 5.59. The van der Waals surface area contributed by atoms with E-state index in [4.69, 9.17) is 0 Å². The Kier molecular flexibility index (Phi) is 4.69. The topological polar surface area (TPSA) is 84.7 Å². The van der Waals surface area contributed by atoms with E-state index < -0.39 is 0 Å². The van der Waals surface area contributed by atoms with Gasteiger partial charge in [0.15, 0.2) is 5.82 Å². The van der Waals surface area contributed by atoms with E-state index in [1.807, 2.05) is 32.0 Å². The molecule has 0 saturated carbocycles. The Balaban J connectivity index is 1.65. The predicted octanol–water partition coefficient (Wildman–Crippen LogP) is 2.74. The molecular formula is C17H17FN6O. The average molecular weight is 340 g/mol. The molecule has 0 atom stereocenters. The Morgan fingerprint density at radius 1 is 1.16 bits per heavy atom. The summed E-state index contributed by atoms with van der Waals surface area (Å²) in [6.07, 6.45) is 0. The highest BCUT2D eigenvalue weighted by molar-refractivity contribution is 5.89. The summed E-state index contributed by atoms with van der Waals surface area (Å²) in [5, 5.41) is 16.7. The van der Waals surface area contributed by atoms with Gasteiger partial charge in [-0.2, -0.15) is 4.68 Å². The summed E-state index contributed by atoms with van der Waals surface area (Å²) >= 11 is 0. The standard InChI is InChI=1S/C17H17FN6O/c1-11-6-7-14(8-12(11)2)20-17(25)19-10-16-21-22-23-24(16)15-5-3-4-13(18)9-15/h3-9H,10H2,1-2H3,(H2,19,20,25). The van der Waals surface area contributed by atoms with Crippen LogP contribution in [0.1, 0.15) is 17.0 Å². The lowest BCUT2D eigenvalue weighted by Gasteiger charge is -2.09. The van der Waals surface area contributed by atoms with Gasteiger partial charge in [-0.1, -0.05) is 12.1 Å². The van der Waals surface area contributed by atoms with Crippen molar-refractivity contribution in [2.24, 2.45) is 0 Å². The number of hydrogen-bond donors (Lipinski definition) is 2. The number of carbonyl (C=O) groups is 1. The molecule has 0 bridgehead atoms. The van der Waals surface area contributed by atoms with Crippen LogP contribution < -0.4 is 10.6 Å². The molecule has 8 heteroatoms. The smallest absolute Gasteiger partial charge is 0.319 e. The Bertz CT molecular complexity index is 908. The molecule has 1 aromatic heterocycles. The molecule has 0 radical (unpaired) electrons. The Hall–Kier alpha value is -3.29. The second-order valence-corrected chi connectivity index (χ2v) is 5.59. The average Bonchev–Trinajstić information content (AvgIpc) is 3.05. The number of amides is 2. The third-order valence-corrected chi connectivity index (χ3v) is 3.76. The van der Waals surface area contributed by atoms with Gasteiger partial charge in [0.2, 0.25) is 0 Å². The molecule has 2 amide bonds. The van der Waals surface area contributed by atoms with Crippen LogP contribution in [0.4, 0.5) is 14.9 Å². The summed E-state index contributed by atoms with van der Waals surface area (Å²) in [6.45, 7) is 4.08. The van der Waals surface area contributed by atoms with Crippen LogP contribution >= 0.6 is 0 Å². The van der Waals surface area contributed by atoms with Gasteiger partial charge in [-0.05, 0) is 65.7 Å². The van der Waals surface area contributed by atoms with Crippen molar-refractivity contribution < 1.29 is 9.18 Å². The normalized spacial score (nSPS) is 10.5. The summed E-state index contributed by atoms with van der Waals surface area (Å²) in [5.41, 5.74) is 3.43. The van der Waals surface area contributed by atoms with Crippen molar-refractivity contribution in [3.8, 4) is 5.69 Å². The SMILES string of the molecule is Cc1ccc(NC(=O)NCc2nnnn2-c2cccc(F)c2)cc1C.